The van der Waals surface area contributed by atoms with Gasteiger partial charge in [-0.2, -0.15) is 0 Å². The fraction of sp³-hybridized carbons (Fsp3) is 0.421. The Morgan fingerprint density at radius 1 is 1.12 bits per heavy atom. The maximum absolute atomic E-state index is 12.7. The Balaban J connectivity index is 1.34. The van der Waals surface area contributed by atoms with Crippen LogP contribution in [0, 0.1) is 0 Å². The minimum Gasteiger partial charge on any atom is -0.335 e. The Morgan fingerprint density at radius 3 is 2.71 bits per heavy atom. The zero-order valence-corrected chi connectivity index (χ0v) is 15.2. The zero-order chi connectivity index (χ0) is 16.5. The number of rotatable bonds is 3. The van der Waals surface area contributed by atoms with Gasteiger partial charge >= 0.3 is 0 Å². The SMILES string of the molecule is O=C(c1cc2c(s1)CCC2)N1CCN(Cc2cccc(Cl)c2)CC1. The molecule has 1 aromatic carbocycles. The quantitative estimate of drug-likeness (QED) is 0.830. The summed E-state index contributed by atoms with van der Waals surface area (Å²) in [6.45, 7) is 4.35. The molecule has 0 radical (unpaired) electrons. The van der Waals surface area contributed by atoms with Crippen LogP contribution in [0.5, 0.6) is 0 Å². The molecular formula is C19H21ClN2OS. The van der Waals surface area contributed by atoms with Gasteiger partial charge in [-0.15, -0.1) is 11.3 Å². The van der Waals surface area contributed by atoms with Crippen molar-refractivity contribution >= 4 is 28.8 Å². The van der Waals surface area contributed by atoms with Crippen LogP contribution < -0.4 is 0 Å². The van der Waals surface area contributed by atoms with Gasteiger partial charge in [0.2, 0.25) is 0 Å². The third-order valence-electron chi connectivity index (χ3n) is 4.91. The summed E-state index contributed by atoms with van der Waals surface area (Å²) < 4.78 is 0. The van der Waals surface area contributed by atoms with E-state index in [2.05, 4.69) is 17.0 Å². The van der Waals surface area contributed by atoms with Crippen LogP contribution in [0.25, 0.3) is 0 Å². The highest BCUT2D eigenvalue weighted by Crippen LogP contribution is 2.31. The molecule has 1 amide bonds. The van der Waals surface area contributed by atoms with Crippen molar-refractivity contribution in [1.29, 1.82) is 0 Å². The molecule has 5 heteroatoms. The first-order chi connectivity index (χ1) is 11.7. The lowest BCUT2D eigenvalue weighted by Gasteiger charge is -2.34. The minimum absolute atomic E-state index is 0.219. The zero-order valence-electron chi connectivity index (χ0n) is 13.6. The average Bonchev–Trinajstić information content (AvgIpc) is 3.16. The normalized spacial score (nSPS) is 18.0. The van der Waals surface area contributed by atoms with E-state index in [4.69, 9.17) is 11.6 Å². The molecular weight excluding hydrogens is 340 g/mol. The number of aryl methyl sites for hydroxylation is 2. The highest BCUT2D eigenvalue weighted by atomic mass is 35.5. The molecule has 1 aliphatic heterocycles. The summed E-state index contributed by atoms with van der Waals surface area (Å²) in [6, 6.07) is 10.2. The van der Waals surface area contributed by atoms with Gasteiger partial charge < -0.3 is 4.90 Å². The molecule has 0 bridgehead atoms. The second kappa shape index (κ2) is 6.87. The van der Waals surface area contributed by atoms with Gasteiger partial charge in [0.15, 0.2) is 0 Å². The van der Waals surface area contributed by atoms with Crippen LogP contribution in [0.15, 0.2) is 30.3 Å². The van der Waals surface area contributed by atoms with Gasteiger partial charge in [0.05, 0.1) is 4.88 Å². The molecule has 0 N–H and O–H groups in total. The molecule has 0 spiro atoms. The number of nitrogens with zero attached hydrogens (tertiary/aromatic N) is 2. The molecule has 1 aromatic heterocycles. The molecule has 0 unspecified atom stereocenters. The van der Waals surface area contributed by atoms with Crippen LogP contribution >= 0.6 is 22.9 Å². The van der Waals surface area contributed by atoms with E-state index in [0.717, 1.165) is 55.5 Å². The molecule has 1 saturated heterocycles. The number of benzene rings is 1. The van der Waals surface area contributed by atoms with Crippen LogP contribution in [-0.4, -0.2) is 41.9 Å². The maximum Gasteiger partial charge on any atom is 0.264 e. The lowest BCUT2D eigenvalue weighted by molar-refractivity contribution is 0.0633. The van der Waals surface area contributed by atoms with E-state index in [0.29, 0.717) is 0 Å². The smallest absolute Gasteiger partial charge is 0.264 e. The van der Waals surface area contributed by atoms with Crippen molar-refractivity contribution in [3.63, 3.8) is 0 Å². The topological polar surface area (TPSA) is 23.6 Å². The fourth-order valence-electron chi connectivity index (χ4n) is 3.59. The number of hydrogen-bond donors (Lipinski definition) is 0. The summed E-state index contributed by atoms with van der Waals surface area (Å²) in [6.07, 6.45) is 3.55. The highest BCUT2D eigenvalue weighted by Gasteiger charge is 2.25. The molecule has 126 valence electrons. The van der Waals surface area contributed by atoms with E-state index in [1.165, 1.54) is 22.4 Å². The fourth-order valence-corrected chi connectivity index (χ4v) is 5.03. The largest absolute Gasteiger partial charge is 0.335 e. The molecule has 2 heterocycles. The lowest BCUT2D eigenvalue weighted by atomic mass is 10.2. The Kier molecular flexibility index (Phi) is 4.61. The standard InChI is InChI=1S/C19H21ClN2OS/c20-16-5-1-3-14(11-16)13-21-7-9-22(10-8-21)19(23)18-12-15-4-2-6-17(15)24-18/h1,3,5,11-12H,2,4,6-10,13H2. The third kappa shape index (κ3) is 3.37. The van der Waals surface area contributed by atoms with E-state index >= 15 is 0 Å². The molecule has 1 aliphatic carbocycles. The van der Waals surface area contributed by atoms with E-state index in [1.807, 2.05) is 23.1 Å². The number of carbonyl (C=O) groups is 1. The molecule has 4 rings (SSSR count). The number of hydrogen-bond acceptors (Lipinski definition) is 3. The first-order valence-electron chi connectivity index (χ1n) is 8.57. The highest BCUT2D eigenvalue weighted by molar-refractivity contribution is 7.14. The Labute approximate surface area is 151 Å². The van der Waals surface area contributed by atoms with Gasteiger partial charge in [-0.25, -0.2) is 0 Å². The second-order valence-electron chi connectivity index (χ2n) is 6.61. The predicted molar refractivity (Wildman–Crippen MR) is 99.0 cm³/mol. The van der Waals surface area contributed by atoms with Crippen molar-refractivity contribution in [1.82, 2.24) is 9.80 Å². The summed E-state index contributed by atoms with van der Waals surface area (Å²) >= 11 is 7.77. The molecule has 2 aromatic rings. The predicted octanol–water partition coefficient (Wildman–Crippen LogP) is 3.85. The van der Waals surface area contributed by atoms with Crippen LogP contribution in [-0.2, 0) is 19.4 Å². The van der Waals surface area contributed by atoms with Gasteiger partial charge in [-0.1, -0.05) is 23.7 Å². The van der Waals surface area contributed by atoms with Crippen molar-refractivity contribution in [2.45, 2.75) is 25.8 Å². The van der Waals surface area contributed by atoms with Gasteiger partial charge in [0.25, 0.3) is 5.91 Å². The Bertz CT molecular complexity index is 728. The Morgan fingerprint density at radius 2 is 1.96 bits per heavy atom. The Hall–Kier alpha value is -1.36. The van der Waals surface area contributed by atoms with E-state index in [1.54, 1.807) is 11.3 Å². The summed E-state index contributed by atoms with van der Waals surface area (Å²) in [7, 11) is 0. The molecule has 3 nitrogen and oxygen atoms in total. The molecule has 1 fully saturated rings. The first kappa shape index (κ1) is 16.1. The van der Waals surface area contributed by atoms with E-state index in [-0.39, 0.29) is 5.91 Å². The van der Waals surface area contributed by atoms with E-state index < -0.39 is 0 Å². The van der Waals surface area contributed by atoms with Gasteiger partial charge in [0.1, 0.15) is 0 Å². The van der Waals surface area contributed by atoms with Gasteiger partial charge in [-0.3, -0.25) is 9.69 Å². The summed E-state index contributed by atoms with van der Waals surface area (Å²) in [5.74, 6) is 0.219. The number of halogens is 1. The first-order valence-corrected chi connectivity index (χ1v) is 9.76. The minimum atomic E-state index is 0.219. The van der Waals surface area contributed by atoms with Crippen LogP contribution in [0.1, 0.15) is 32.1 Å². The number of fused-ring (bicyclic) bond motifs is 1. The molecule has 2 aliphatic rings. The summed E-state index contributed by atoms with van der Waals surface area (Å²) in [4.78, 5) is 19.5. The van der Waals surface area contributed by atoms with Crippen molar-refractivity contribution in [3.8, 4) is 0 Å². The van der Waals surface area contributed by atoms with Crippen LogP contribution in [0.3, 0.4) is 0 Å². The number of piperazine rings is 1. The number of carbonyl (C=O) groups excluding carboxylic acids is 1. The molecule has 0 atom stereocenters. The van der Waals surface area contributed by atoms with Gasteiger partial charge in [0, 0.05) is 42.6 Å². The number of amides is 1. The number of thiophene rings is 1. The van der Waals surface area contributed by atoms with Crippen LogP contribution in [0.4, 0.5) is 0 Å². The second-order valence-corrected chi connectivity index (χ2v) is 8.18. The van der Waals surface area contributed by atoms with Crippen molar-refractivity contribution < 1.29 is 4.79 Å². The maximum atomic E-state index is 12.7. The monoisotopic (exact) mass is 360 g/mol. The lowest BCUT2D eigenvalue weighted by Crippen LogP contribution is -2.48. The van der Waals surface area contributed by atoms with Crippen molar-refractivity contribution in [2.24, 2.45) is 0 Å². The summed E-state index contributed by atoms with van der Waals surface area (Å²) in [5, 5.41) is 0.784. The van der Waals surface area contributed by atoms with Crippen LogP contribution in [0.2, 0.25) is 5.02 Å². The van der Waals surface area contributed by atoms with Crippen molar-refractivity contribution in [2.75, 3.05) is 26.2 Å². The molecule has 0 saturated carbocycles. The van der Waals surface area contributed by atoms with Gasteiger partial charge in [-0.05, 0) is 48.6 Å². The summed E-state index contributed by atoms with van der Waals surface area (Å²) in [5.41, 5.74) is 2.64. The average molecular weight is 361 g/mol. The third-order valence-corrected chi connectivity index (χ3v) is 6.37. The molecule has 24 heavy (non-hydrogen) atoms. The van der Waals surface area contributed by atoms with E-state index in [9.17, 15) is 4.79 Å². The van der Waals surface area contributed by atoms with Crippen molar-refractivity contribution in [3.05, 3.63) is 56.2 Å².